The number of hydrogen-bond donors (Lipinski definition) is 0. The zero-order chi connectivity index (χ0) is 16.4. The summed E-state index contributed by atoms with van der Waals surface area (Å²) in [5.41, 5.74) is 0.0226. The third-order valence-corrected chi connectivity index (χ3v) is 3.59. The smallest absolute Gasteiger partial charge is 0.410 e. The van der Waals surface area contributed by atoms with Crippen LogP contribution < -0.4 is 0 Å². The van der Waals surface area contributed by atoms with Gasteiger partial charge in [0, 0.05) is 6.54 Å². The molecule has 1 saturated heterocycles. The van der Waals surface area contributed by atoms with Gasteiger partial charge < -0.3 is 14.4 Å². The molecule has 1 aliphatic heterocycles. The van der Waals surface area contributed by atoms with Crippen molar-refractivity contribution in [2.75, 3.05) is 13.1 Å². The summed E-state index contributed by atoms with van der Waals surface area (Å²) < 4.78 is 24.2. The second-order valence-corrected chi connectivity index (χ2v) is 7.02. The van der Waals surface area contributed by atoms with E-state index in [2.05, 4.69) is 0 Å². The van der Waals surface area contributed by atoms with E-state index in [0.717, 1.165) is 12.0 Å². The Balaban J connectivity index is 1.87. The van der Waals surface area contributed by atoms with Gasteiger partial charge in [0.1, 0.15) is 11.4 Å². The summed E-state index contributed by atoms with van der Waals surface area (Å²) in [6.45, 7) is 9.07. The molecule has 0 bridgehead atoms. The van der Waals surface area contributed by atoms with Crippen molar-refractivity contribution in [2.45, 2.75) is 51.9 Å². The molecule has 1 aromatic rings. The summed E-state index contributed by atoms with van der Waals surface area (Å²) >= 11 is 0. The fourth-order valence-electron chi connectivity index (χ4n) is 2.37. The van der Waals surface area contributed by atoms with Crippen LogP contribution in [0.1, 0.15) is 39.7 Å². The average molecular weight is 309 g/mol. The van der Waals surface area contributed by atoms with Crippen molar-refractivity contribution in [3.05, 3.63) is 35.6 Å². The van der Waals surface area contributed by atoms with Gasteiger partial charge in [0.25, 0.3) is 0 Å². The summed E-state index contributed by atoms with van der Waals surface area (Å²) in [6, 6.07) is 6.25. The van der Waals surface area contributed by atoms with Gasteiger partial charge in [-0.3, -0.25) is 0 Å². The molecule has 122 valence electrons. The molecule has 1 fully saturated rings. The molecule has 0 aliphatic carbocycles. The normalized spacial score (nSPS) is 22.0. The Kier molecular flexibility index (Phi) is 4.75. The standard InChI is InChI=1S/C17H24FNO3/c1-16(2,3)22-15(20)19-10-9-17(4,12-19)21-11-13-5-7-14(18)8-6-13/h5-8H,9-12H2,1-4H3. The number of carbonyl (C=O) groups excluding carboxylic acids is 1. The molecule has 1 atom stereocenters. The molecule has 5 heteroatoms. The number of hydrogen-bond acceptors (Lipinski definition) is 3. The van der Waals surface area contributed by atoms with E-state index in [-0.39, 0.29) is 11.9 Å². The quantitative estimate of drug-likeness (QED) is 0.853. The minimum Gasteiger partial charge on any atom is -0.444 e. The van der Waals surface area contributed by atoms with E-state index >= 15 is 0 Å². The van der Waals surface area contributed by atoms with Gasteiger partial charge in [-0.15, -0.1) is 0 Å². The third kappa shape index (κ3) is 4.70. The Morgan fingerprint density at radius 2 is 1.95 bits per heavy atom. The first kappa shape index (κ1) is 16.7. The number of nitrogens with zero attached hydrogens (tertiary/aromatic N) is 1. The number of rotatable bonds is 3. The number of ether oxygens (including phenoxy) is 2. The first-order valence-corrected chi connectivity index (χ1v) is 7.53. The molecule has 0 N–H and O–H groups in total. The summed E-state index contributed by atoms with van der Waals surface area (Å²) in [7, 11) is 0. The fourth-order valence-corrected chi connectivity index (χ4v) is 2.37. The molecular formula is C17H24FNO3. The van der Waals surface area contributed by atoms with Crippen molar-refractivity contribution in [2.24, 2.45) is 0 Å². The Labute approximate surface area is 131 Å². The minimum atomic E-state index is -0.495. The van der Waals surface area contributed by atoms with Crippen LogP contribution in [0.15, 0.2) is 24.3 Å². The van der Waals surface area contributed by atoms with Crippen molar-refractivity contribution < 1.29 is 18.7 Å². The molecule has 1 aromatic carbocycles. The zero-order valence-electron chi connectivity index (χ0n) is 13.7. The molecule has 1 unspecified atom stereocenters. The van der Waals surface area contributed by atoms with Crippen LogP contribution >= 0.6 is 0 Å². The highest BCUT2D eigenvalue weighted by Crippen LogP contribution is 2.27. The van der Waals surface area contributed by atoms with Gasteiger partial charge in [0.15, 0.2) is 0 Å². The Hall–Kier alpha value is -1.62. The van der Waals surface area contributed by atoms with E-state index < -0.39 is 11.2 Å². The lowest BCUT2D eigenvalue weighted by Crippen LogP contribution is -2.39. The molecule has 2 rings (SSSR count). The molecule has 0 aromatic heterocycles. The Morgan fingerprint density at radius 1 is 1.32 bits per heavy atom. The minimum absolute atomic E-state index is 0.257. The zero-order valence-corrected chi connectivity index (χ0v) is 13.7. The molecule has 4 nitrogen and oxygen atoms in total. The number of halogens is 1. The van der Waals surface area contributed by atoms with Gasteiger partial charge in [-0.05, 0) is 51.8 Å². The molecule has 1 heterocycles. The largest absolute Gasteiger partial charge is 0.444 e. The lowest BCUT2D eigenvalue weighted by atomic mass is 10.1. The fraction of sp³-hybridized carbons (Fsp3) is 0.588. The van der Waals surface area contributed by atoms with Crippen molar-refractivity contribution in [1.82, 2.24) is 4.90 Å². The van der Waals surface area contributed by atoms with Crippen molar-refractivity contribution in [3.63, 3.8) is 0 Å². The maximum Gasteiger partial charge on any atom is 0.410 e. The lowest BCUT2D eigenvalue weighted by molar-refractivity contribution is -0.0374. The Bertz CT molecular complexity index is 524. The second kappa shape index (κ2) is 6.24. The SMILES string of the molecule is CC(C)(C)OC(=O)N1CCC(C)(OCc2ccc(F)cc2)C1. The predicted molar refractivity (Wildman–Crippen MR) is 82.0 cm³/mol. The van der Waals surface area contributed by atoms with Crippen LogP contribution in [-0.2, 0) is 16.1 Å². The topological polar surface area (TPSA) is 38.8 Å². The highest BCUT2D eigenvalue weighted by Gasteiger charge is 2.38. The lowest BCUT2D eigenvalue weighted by Gasteiger charge is -2.27. The van der Waals surface area contributed by atoms with E-state index in [0.29, 0.717) is 19.7 Å². The second-order valence-electron chi connectivity index (χ2n) is 7.02. The van der Waals surface area contributed by atoms with Gasteiger partial charge in [0.2, 0.25) is 0 Å². The summed E-state index contributed by atoms with van der Waals surface area (Å²) in [5.74, 6) is -0.257. The predicted octanol–water partition coefficient (Wildman–Crippen LogP) is 3.74. The molecule has 1 aliphatic rings. The summed E-state index contributed by atoms with van der Waals surface area (Å²) in [6.07, 6.45) is 0.453. The van der Waals surface area contributed by atoms with E-state index in [1.165, 1.54) is 12.1 Å². The van der Waals surface area contributed by atoms with Crippen LogP contribution in [0.25, 0.3) is 0 Å². The molecule has 22 heavy (non-hydrogen) atoms. The van der Waals surface area contributed by atoms with Crippen molar-refractivity contribution in [3.8, 4) is 0 Å². The highest BCUT2D eigenvalue weighted by atomic mass is 19.1. The maximum absolute atomic E-state index is 12.9. The summed E-state index contributed by atoms with van der Waals surface area (Å²) in [5, 5.41) is 0. The molecule has 0 radical (unpaired) electrons. The molecule has 0 spiro atoms. The molecule has 1 amide bonds. The van der Waals surface area contributed by atoms with Crippen LogP contribution in [0.3, 0.4) is 0 Å². The monoisotopic (exact) mass is 309 g/mol. The average Bonchev–Trinajstić information content (AvgIpc) is 2.80. The van der Waals surface area contributed by atoms with E-state index in [9.17, 15) is 9.18 Å². The first-order chi connectivity index (χ1) is 10.2. The van der Waals surface area contributed by atoms with Crippen molar-refractivity contribution in [1.29, 1.82) is 0 Å². The number of amides is 1. The van der Waals surface area contributed by atoms with Crippen molar-refractivity contribution >= 4 is 6.09 Å². The third-order valence-electron chi connectivity index (χ3n) is 3.59. The van der Waals surface area contributed by atoms with Crippen LogP contribution in [0.5, 0.6) is 0 Å². The first-order valence-electron chi connectivity index (χ1n) is 7.53. The number of likely N-dealkylation sites (tertiary alicyclic amines) is 1. The van der Waals surface area contributed by atoms with Gasteiger partial charge in [0.05, 0.1) is 18.8 Å². The van der Waals surface area contributed by atoms with Crippen LogP contribution in [-0.4, -0.2) is 35.3 Å². The summed E-state index contributed by atoms with van der Waals surface area (Å²) in [4.78, 5) is 13.7. The Morgan fingerprint density at radius 3 is 2.55 bits per heavy atom. The van der Waals surface area contributed by atoms with Crippen LogP contribution in [0.2, 0.25) is 0 Å². The van der Waals surface area contributed by atoms with Crippen LogP contribution in [0, 0.1) is 5.82 Å². The number of benzene rings is 1. The van der Waals surface area contributed by atoms with E-state index in [4.69, 9.17) is 9.47 Å². The molecule has 0 saturated carbocycles. The van der Waals surface area contributed by atoms with Crippen LogP contribution in [0.4, 0.5) is 9.18 Å². The highest BCUT2D eigenvalue weighted by molar-refractivity contribution is 5.68. The number of carbonyl (C=O) groups is 1. The van der Waals surface area contributed by atoms with Gasteiger partial charge in [-0.1, -0.05) is 12.1 Å². The van der Waals surface area contributed by atoms with E-state index in [1.54, 1.807) is 17.0 Å². The molecular weight excluding hydrogens is 285 g/mol. The maximum atomic E-state index is 12.9. The van der Waals surface area contributed by atoms with Gasteiger partial charge >= 0.3 is 6.09 Å². The van der Waals surface area contributed by atoms with E-state index in [1.807, 2.05) is 27.7 Å². The van der Waals surface area contributed by atoms with Gasteiger partial charge in [-0.2, -0.15) is 0 Å². The van der Waals surface area contributed by atoms with Gasteiger partial charge in [-0.25, -0.2) is 9.18 Å².